The third kappa shape index (κ3) is 3.18. The molecular formula is C12H10Br2N2OS. The molecule has 2 rings (SSSR count). The lowest BCUT2D eigenvalue weighted by Crippen LogP contribution is -2.26. The van der Waals surface area contributed by atoms with Gasteiger partial charge < -0.3 is 5.32 Å². The third-order valence-electron chi connectivity index (χ3n) is 2.35. The van der Waals surface area contributed by atoms with E-state index in [0.29, 0.717) is 4.88 Å². The van der Waals surface area contributed by atoms with Gasteiger partial charge >= 0.3 is 0 Å². The zero-order valence-electron chi connectivity index (χ0n) is 9.48. The molecule has 0 fully saturated rings. The molecule has 1 atom stereocenters. The van der Waals surface area contributed by atoms with Gasteiger partial charge in [-0.05, 0) is 57.0 Å². The minimum absolute atomic E-state index is 0.0930. The van der Waals surface area contributed by atoms with Crippen LogP contribution in [0.3, 0.4) is 0 Å². The number of rotatable bonds is 3. The lowest BCUT2D eigenvalue weighted by atomic mass is 10.2. The van der Waals surface area contributed by atoms with Crippen LogP contribution < -0.4 is 5.32 Å². The van der Waals surface area contributed by atoms with Crippen molar-refractivity contribution in [1.29, 1.82) is 0 Å². The van der Waals surface area contributed by atoms with E-state index in [-0.39, 0.29) is 11.9 Å². The van der Waals surface area contributed by atoms with E-state index in [2.05, 4.69) is 42.2 Å². The first-order valence-electron chi connectivity index (χ1n) is 5.24. The molecule has 1 amide bonds. The van der Waals surface area contributed by atoms with Gasteiger partial charge in [-0.2, -0.15) is 0 Å². The molecule has 0 saturated carbocycles. The summed E-state index contributed by atoms with van der Waals surface area (Å²) in [4.78, 5) is 16.9. The minimum Gasteiger partial charge on any atom is -0.343 e. The van der Waals surface area contributed by atoms with Crippen LogP contribution in [-0.2, 0) is 0 Å². The Morgan fingerprint density at radius 2 is 2.22 bits per heavy atom. The lowest BCUT2D eigenvalue weighted by Gasteiger charge is -2.12. The molecule has 0 radical (unpaired) electrons. The molecule has 2 heterocycles. The van der Waals surface area contributed by atoms with E-state index in [1.54, 1.807) is 12.3 Å². The first-order valence-corrected chi connectivity index (χ1v) is 7.65. The Labute approximate surface area is 126 Å². The van der Waals surface area contributed by atoms with Gasteiger partial charge in [0.15, 0.2) is 0 Å². The van der Waals surface area contributed by atoms with E-state index in [0.717, 1.165) is 14.0 Å². The predicted octanol–water partition coefficient (Wildman–Crippen LogP) is 4.16. The Hall–Kier alpha value is -0.720. The maximum absolute atomic E-state index is 12.0. The number of nitrogens with zero attached hydrogens (tertiary/aromatic N) is 1. The highest BCUT2D eigenvalue weighted by atomic mass is 79.9. The van der Waals surface area contributed by atoms with E-state index in [9.17, 15) is 4.79 Å². The van der Waals surface area contributed by atoms with Crippen molar-refractivity contribution in [2.75, 3.05) is 0 Å². The van der Waals surface area contributed by atoms with Gasteiger partial charge in [-0.1, -0.05) is 6.07 Å². The number of carbonyl (C=O) groups is 1. The molecule has 3 nitrogen and oxygen atoms in total. The van der Waals surface area contributed by atoms with Crippen LogP contribution in [0.4, 0.5) is 0 Å². The normalized spacial score (nSPS) is 12.2. The lowest BCUT2D eigenvalue weighted by molar-refractivity contribution is 0.0943. The highest BCUT2D eigenvalue weighted by molar-refractivity contribution is 9.13. The Balaban J connectivity index is 2.08. The number of nitrogens with one attached hydrogen (secondary N) is 1. The molecule has 0 unspecified atom stereocenters. The second-order valence-electron chi connectivity index (χ2n) is 3.68. The van der Waals surface area contributed by atoms with Gasteiger partial charge in [0.25, 0.3) is 5.91 Å². The molecule has 0 spiro atoms. The van der Waals surface area contributed by atoms with Gasteiger partial charge in [0.1, 0.15) is 0 Å². The maximum Gasteiger partial charge on any atom is 0.261 e. The first kappa shape index (κ1) is 13.7. The Kier molecular flexibility index (Phi) is 4.53. The Bertz CT molecular complexity index is 537. The van der Waals surface area contributed by atoms with Crippen LogP contribution in [0.5, 0.6) is 0 Å². The second kappa shape index (κ2) is 5.95. The number of halogens is 2. The summed E-state index contributed by atoms with van der Waals surface area (Å²) in [6.45, 7) is 1.91. The van der Waals surface area contributed by atoms with Crippen molar-refractivity contribution in [2.45, 2.75) is 13.0 Å². The summed E-state index contributed by atoms with van der Waals surface area (Å²) < 4.78 is 1.81. The highest BCUT2D eigenvalue weighted by Crippen LogP contribution is 2.32. The Morgan fingerprint density at radius 3 is 2.78 bits per heavy atom. The Morgan fingerprint density at radius 1 is 1.44 bits per heavy atom. The summed E-state index contributed by atoms with van der Waals surface area (Å²) in [5.74, 6) is -0.0930. The summed E-state index contributed by atoms with van der Waals surface area (Å²) in [6.07, 6.45) is 1.72. The largest absolute Gasteiger partial charge is 0.343 e. The van der Waals surface area contributed by atoms with Crippen LogP contribution in [0.1, 0.15) is 28.3 Å². The quantitative estimate of drug-likeness (QED) is 0.856. The number of thiophene rings is 1. The number of pyridine rings is 1. The molecule has 0 aliphatic carbocycles. The van der Waals surface area contributed by atoms with Crippen molar-refractivity contribution in [3.63, 3.8) is 0 Å². The van der Waals surface area contributed by atoms with Gasteiger partial charge in [0, 0.05) is 10.7 Å². The minimum atomic E-state index is -0.113. The van der Waals surface area contributed by atoms with Crippen LogP contribution in [0.2, 0.25) is 0 Å². The standard InChI is InChI=1S/C12H10Br2N2OS/c1-7(9-4-2-3-5-15-9)16-12(17)10-6-8(13)11(14)18-10/h2-7H,1H3,(H,16,17)/t7-/m0/s1. The summed E-state index contributed by atoms with van der Waals surface area (Å²) >= 11 is 8.14. The van der Waals surface area contributed by atoms with Crippen molar-refractivity contribution in [3.05, 3.63) is 49.3 Å². The van der Waals surface area contributed by atoms with Crippen LogP contribution in [-0.4, -0.2) is 10.9 Å². The number of hydrogen-bond donors (Lipinski definition) is 1. The molecule has 18 heavy (non-hydrogen) atoms. The highest BCUT2D eigenvalue weighted by Gasteiger charge is 2.15. The number of hydrogen-bond acceptors (Lipinski definition) is 3. The molecule has 0 aliphatic heterocycles. The second-order valence-corrected chi connectivity index (χ2v) is 6.91. The van der Waals surface area contributed by atoms with Gasteiger partial charge in [-0.25, -0.2) is 0 Å². The van der Waals surface area contributed by atoms with Crippen molar-refractivity contribution >= 4 is 49.1 Å². The van der Waals surface area contributed by atoms with Crippen molar-refractivity contribution in [2.24, 2.45) is 0 Å². The average Bonchev–Trinajstić information content (AvgIpc) is 2.71. The van der Waals surface area contributed by atoms with E-state index < -0.39 is 0 Å². The molecule has 2 aromatic rings. The van der Waals surface area contributed by atoms with Crippen LogP contribution >= 0.6 is 43.2 Å². The fourth-order valence-corrected chi connectivity index (χ4v) is 3.37. The van der Waals surface area contributed by atoms with Gasteiger partial charge in [-0.15, -0.1) is 11.3 Å². The van der Waals surface area contributed by atoms with Gasteiger partial charge in [0.05, 0.1) is 20.4 Å². The van der Waals surface area contributed by atoms with E-state index in [1.165, 1.54) is 11.3 Å². The predicted molar refractivity (Wildman–Crippen MR) is 79.8 cm³/mol. The molecule has 6 heteroatoms. The number of aromatic nitrogens is 1. The summed E-state index contributed by atoms with van der Waals surface area (Å²) in [6, 6.07) is 7.34. The molecule has 1 N–H and O–H groups in total. The zero-order valence-corrected chi connectivity index (χ0v) is 13.5. The molecule has 94 valence electrons. The van der Waals surface area contributed by atoms with Crippen molar-refractivity contribution in [1.82, 2.24) is 10.3 Å². The van der Waals surface area contributed by atoms with Crippen LogP contribution in [0, 0.1) is 0 Å². The SMILES string of the molecule is C[C@H](NC(=O)c1cc(Br)c(Br)s1)c1ccccn1. The van der Waals surface area contributed by atoms with Crippen LogP contribution in [0.15, 0.2) is 38.7 Å². The first-order chi connectivity index (χ1) is 8.58. The van der Waals surface area contributed by atoms with E-state index in [1.807, 2.05) is 25.1 Å². The van der Waals surface area contributed by atoms with E-state index >= 15 is 0 Å². The molecule has 0 aliphatic rings. The maximum atomic E-state index is 12.0. The smallest absolute Gasteiger partial charge is 0.261 e. The fourth-order valence-electron chi connectivity index (χ4n) is 1.43. The number of carbonyl (C=O) groups excluding carboxylic acids is 1. The topological polar surface area (TPSA) is 42.0 Å². The molecule has 0 bridgehead atoms. The third-order valence-corrected chi connectivity index (χ3v) is 5.60. The monoisotopic (exact) mass is 388 g/mol. The fraction of sp³-hybridized carbons (Fsp3) is 0.167. The summed E-state index contributed by atoms with van der Waals surface area (Å²) in [5, 5.41) is 2.92. The van der Waals surface area contributed by atoms with Crippen molar-refractivity contribution in [3.8, 4) is 0 Å². The van der Waals surface area contributed by atoms with E-state index in [4.69, 9.17) is 0 Å². The summed E-state index contributed by atoms with van der Waals surface area (Å²) in [5.41, 5.74) is 0.848. The van der Waals surface area contributed by atoms with Gasteiger partial charge in [-0.3, -0.25) is 9.78 Å². The number of amides is 1. The summed E-state index contributed by atoms with van der Waals surface area (Å²) in [7, 11) is 0. The molecular weight excluding hydrogens is 380 g/mol. The average molecular weight is 390 g/mol. The molecule has 0 saturated heterocycles. The van der Waals surface area contributed by atoms with Gasteiger partial charge in [0.2, 0.25) is 0 Å². The van der Waals surface area contributed by atoms with Crippen LogP contribution in [0.25, 0.3) is 0 Å². The zero-order chi connectivity index (χ0) is 13.1. The molecule has 0 aromatic carbocycles. The van der Waals surface area contributed by atoms with Crippen molar-refractivity contribution < 1.29 is 4.79 Å². The molecule has 2 aromatic heterocycles.